The van der Waals surface area contributed by atoms with Gasteiger partial charge in [-0.1, -0.05) is 31.5 Å². The topological polar surface area (TPSA) is 0 Å². The predicted octanol–water partition coefficient (Wildman–Crippen LogP) is 5.68. The van der Waals surface area contributed by atoms with Crippen LogP contribution >= 0.6 is 19.9 Å². The molecule has 0 nitrogen and oxygen atoms in total. The van der Waals surface area contributed by atoms with Gasteiger partial charge in [-0.3, -0.25) is 0 Å². The third kappa shape index (κ3) is 1.87. The average Bonchev–Trinajstić information content (AvgIpc) is 2.54. The van der Waals surface area contributed by atoms with E-state index in [0.29, 0.717) is 23.3 Å². The minimum absolute atomic E-state index is 0.234. The molecule has 0 aliphatic carbocycles. The number of hydrogen-bond acceptors (Lipinski definition) is 0. The number of allylic oxidation sites excluding steroid dienone is 1. The highest BCUT2D eigenvalue weighted by molar-refractivity contribution is 8.54. The first kappa shape index (κ1) is 12.8. The van der Waals surface area contributed by atoms with E-state index in [1.54, 1.807) is 24.3 Å². The average molecular weight is 281 g/mol. The molecule has 1 unspecified atom stereocenters. The fourth-order valence-corrected chi connectivity index (χ4v) is 5.09. The molecule has 0 amide bonds. The molecule has 0 N–H and O–H groups in total. The highest BCUT2D eigenvalue weighted by Crippen LogP contribution is 2.80. The molecule has 1 aliphatic heterocycles. The molecule has 2 rings (SSSR count). The first-order valence-electron chi connectivity index (χ1n) is 5.30. The van der Waals surface area contributed by atoms with Crippen LogP contribution in [0, 0.1) is 0 Å². The van der Waals surface area contributed by atoms with Crippen molar-refractivity contribution in [1.82, 2.24) is 0 Å². The maximum Gasteiger partial charge on any atom is 0.445 e. The third-order valence-electron chi connectivity index (χ3n) is 2.72. The van der Waals surface area contributed by atoms with E-state index in [0.717, 1.165) is 0 Å². The van der Waals surface area contributed by atoms with E-state index in [2.05, 4.69) is 0 Å². The molecule has 0 saturated carbocycles. The van der Waals surface area contributed by atoms with Gasteiger partial charge in [-0.25, -0.2) is 0 Å². The molecule has 1 aromatic carbocycles. The van der Waals surface area contributed by atoms with Crippen LogP contribution in [0.2, 0.25) is 0 Å². The van der Waals surface area contributed by atoms with Gasteiger partial charge in [0, 0.05) is 4.90 Å². The van der Waals surface area contributed by atoms with Gasteiger partial charge in [0.2, 0.25) is 0 Å². The summed E-state index contributed by atoms with van der Waals surface area (Å²) in [5, 5.41) is 0. The van der Waals surface area contributed by atoms with Gasteiger partial charge in [0.05, 0.1) is 0 Å². The van der Waals surface area contributed by atoms with Gasteiger partial charge < -0.3 is 0 Å². The number of rotatable bonds is 2. The van der Waals surface area contributed by atoms with Crippen LogP contribution in [0.3, 0.4) is 0 Å². The summed E-state index contributed by atoms with van der Waals surface area (Å²) in [5.74, 6) is 0. The fourth-order valence-electron chi connectivity index (χ4n) is 1.98. The van der Waals surface area contributed by atoms with Gasteiger partial charge in [0.1, 0.15) is 0 Å². The largest absolute Gasteiger partial charge is 0.445 e. The monoisotopic (exact) mass is 280 g/mol. The molecule has 1 atom stereocenters. The van der Waals surface area contributed by atoms with Crippen molar-refractivity contribution in [2.45, 2.75) is 30.2 Å². The van der Waals surface area contributed by atoms with E-state index < -0.39 is 14.7 Å². The Morgan fingerprint density at radius 3 is 2.47 bits per heavy atom. The normalized spacial score (nSPS) is 27.2. The summed E-state index contributed by atoms with van der Waals surface area (Å²) in [6.45, 7) is 1.86. The van der Waals surface area contributed by atoms with Crippen molar-refractivity contribution < 1.29 is 13.2 Å². The van der Waals surface area contributed by atoms with Crippen LogP contribution in [0.4, 0.5) is 13.2 Å². The maximum atomic E-state index is 13.3. The van der Waals surface area contributed by atoms with E-state index in [9.17, 15) is 13.2 Å². The van der Waals surface area contributed by atoms with Crippen LogP contribution in [-0.2, 0) is 0 Å². The Kier molecular flexibility index (Phi) is 3.21. The molecule has 17 heavy (non-hydrogen) atoms. The minimum Gasteiger partial charge on any atom is -0.160 e. The number of fused-ring (bicyclic) bond motifs is 1. The lowest BCUT2D eigenvalue weighted by Gasteiger charge is -2.34. The van der Waals surface area contributed by atoms with Gasteiger partial charge in [-0.2, -0.15) is 13.2 Å². The van der Waals surface area contributed by atoms with E-state index in [1.807, 2.05) is 6.92 Å². The highest BCUT2D eigenvalue weighted by atomic mass is 35.7. The molecule has 0 aromatic heterocycles. The van der Waals surface area contributed by atoms with Crippen molar-refractivity contribution in [3.63, 3.8) is 0 Å². The smallest absolute Gasteiger partial charge is 0.160 e. The second-order valence-corrected chi connectivity index (χ2v) is 7.77. The van der Waals surface area contributed by atoms with Crippen LogP contribution in [-0.4, -0.2) is 5.51 Å². The summed E-state index contributed by atoms with van der Waals surface area (Å²) in [7, 11) is 2.66. The molecule has 0 saturated heterocycles. The number of alkyl halides is 3. The Labute approximate surface area is 104 Å². The molecule has 94 valence electrons. The van der Waals surface area contributed by atoms with Crippen molar-refractivity contribution in [1.29, 1.82) is 0 Å². The van der Waals surface area contributed by atoms with Gasteiger partial charge in [-0.15, -0.1) is 0 Å². The van der Waals surface area contributed by atoms with Crippen molar-refractivity contribution in [2.75, 3.05) is 0 Å². The van der Waals surface area contributed by atoms with E-state index >= 15 is 0 Å². The van der Waals surface area contributed by atoms with Crippen molar-refractivity contribution in [3.8, 4) is 0 Å². The molecular weight excluding hydrogens is 269 g/mol. The minimum atomic E-state index is -4.39. The van der Waals surface area contributed by atoms with Crippen LogP contribution in [0.15, 0.2) is 34.1 Å². The first-order valence-corrected chi connectivity index (χ1v) is 7.76. The molecule has 1 aliphatic rings. The van der Waals surface area contributed by atoms with Gasteiger partial charge in [-0.05, 0) is 49.0 Å². The zero-order valence-electron chi connectivity index (χ0n) is 9.22. The van der Waals surface area contributed by atoms with Gasteiger partial charge in [0.25, 0.3) is 0 Å². The molecule has 5 heteroatoms. The van der Waals surface area contributed by atoms with Crippen molar-refractivity contribution in [3.05, 3.63) is 34.7 Å². The van der Waals surface area contributed by atoms with E-state index in [1.165, 1.54) is 6.07 Å². The Morgan fingerprint density at radius 2 is 1.88 bits per heavy atom. The molecule has 0 radical (unpaired) electrons. The highest BCUT2D eigenvalue weighted by Gasteiger charge is 2.55. The second kappa shape index (κ2) is 4.25. The SMILES string of the molecule is CCCC1=Cc2ccccc2S1(Cl)C(F)(F)F. The number of halogens is 4. The van der Waals surface area contributed by atoms with E-state index in [4.69, 9.17) is 10.7 Å². The van der Waals surface area contributed by atoms with Crippen molar-refractivity contribution >= 4 is 26.0 Å². The molecule has 1 heterocycles. The van der Waals surface area contributed by atoms with Crippen LogP contribution in [0.25, 0.3) is 6.08 Å². The lowest BCUT2D eigenvalue weighted by molar-refractivity contribution is -0.0359. The lowest BCUT2D eigenvalue weighted by atomic mass is 10.2. The molecular formula is C12H12ClF3S. The Balaban J connectivity index is 2.59. The van der Waals surface area contributed by atoms with Crippen LogP contribution in [0.1, 0.15) is 25.3 Å². The quantitative estimate of drug-likeness (QED) is 0.654. The Bertz CT molecular complexity index is 467. The fraction of sp³-hybridized carbons (Fsp3) is 0.333. The number of hydrogen-bond donors (Lipinski definition) is 0. The van der Waals surface area contributed by atoms with Crippen molar-refractivity contribution in [2.24, 2.45) is 0 Å². The zero-order valence-corrected chi connectivity index (χ0v) is 10.8. The molecule has 0 spiro atoms. The Morgan fingerprint density at radius 1 is 1.24 bits per heavy atom. The summed E-state index contributed by atoms with van der Waals surface area (Å²) < 4.78 is 39.8. The predicted molar refractivity (Wildman–Crippen MR) is 67.1 cm³/mol. The van der Waals surface area contributed by atoms with Crippen LogP contribution < -0.4 is 0 Å². The Hall–Kier alpha value is -0.610. The maximum absolute atomic E-state index is 13.3. The standard InChI is InChI=1S/C12H12ClF3S/c1-2-5-10-8-9-6-3-4-7-11(9)17(10,13)12(14,15)16/h3-4,6-8H,2,5H2,1H3. The summed E-state index contributed by atoms with van der Waals surface area (Å²) >= 11 is 0. The van der Waals surface area contributed by atoms with Crippen LogP contribution in [0.5, 0.6) is 0 Å². The molecule has 0 fully saturated rings. The second-order valence-electron chi connectivity index (χ2n) is 3.88. The first-order chi connectivity index (χ1) is 7.91. The molecule has 1 aromatic rings. The third-order valence-corrected chi connectivity index (χ3v) is 6.99. The zero-order chi connectivity index (χ0) is 12.7. The summed E-state index contributed by atoms with van der Waals surface area (Å²) in [6.07, 6.45) is 2.67. The van der Waals surface area contributed by atoms with Gasteiger partial charge >= 0.3 is 5.51 Å². The molecule has 0 bridgehead atoms. The summed E-state index contributed by atoms with van der Waals surface area (Å²) in [6, 6.07) is 6.52. The van der Waals surface area contributed by atoms with E-state index in [-0.39, 0.29) is 4.90 Å². The van der Waals surface area contributed by atoms with Gasteiger partial charge in [0.15, 0.2) is 0 Å². The summed E-state index contributed by atoms with van der Waals surface area (Å²) in [4.78, 5) is 0.563. The lowest BCUT2D eigenvalue weighted by Crippen LogP contribution is -2.16. The number of benzene rings is 1. The summed E-state index contributed by atoms with van der Waals surface area (Å²) in [5.41, 5.74) is -3.78.